The number of rotatable bonds is 1. The first-order valence-corrected chi connectivity index (χ1v) is 10.1. The summed E-state index contributed by atoms with van der Waals surface area (Å²) in [6, 6.07) is 4.00. The first-order valence-electron chi connectivity index (χ1n) is 10.1. The summed E-state index contributed by atoms with van der Waals surface area (Å²) in [4.78, 5) is 0. The zero-order chi connectivity index (χ0) is 18.3. The van der Waals surface area contributed by atoms with Gasteiger partial charge in [-0.05, 0) is 57.2 Å². The lowest BCUT2D eigenvalue weighted by Gasteiger charge is -2.44. The standard InChI is InChI=1S/C23H30O3/c1-15(2)18-10-11-23(25)14-19(18)22-20(24)12-17(13-21(22)26-23)16-8-6-4-3-5-7-9-16/h6,8,12-13,16,19,24-25H,3-5,7,9-11,14H2,1-2H3. The van der Waals surface area contributed by atoms with E-state index >= 15 is 0 Å². The van der Waals surface area contributed by atoms with Crippen molar-refractivity contribution in [3.8, 4) is 11.5 Å². The van der Waals surface area contributed by atoms with Gasteiger partial charge in [0.25, 0.3) is 0 Å². The Bertz CT molecular complexity index is 757. The minimum absolute atomic E-state index is 0.0597. The van der Waals surface area contributed by atoms with E-state index < -0.39 is 5.79 Å². The highest BCUT2D eigenvalue weighted by atomic mass is 16.6. The number of aromatic hydroxyl groups is 1. The van der Waals surface area contributed by atoms with E-state index in [4.69, 9.17) is 4.74 Å². The molecule has 3 unspecified atom stereocenters. The smallest absolute Gasteiger partial charge is 0.209 e. The molecule has 26 heavy (non-hydrogen) atoms. The lowest BCUT2D eigenvalue weighted by Crippen LogP contribution is -2.44. The first-order chi connectivity index (χ1) is 12.5. The molecule has 1 aromatic carbocycles. The highest BCUT2D eigenvalue weighted by Gasteiger charge is 2.46. The quantitative estimate of drug-likeness (QED) is 0.638. The van der Waals surface area contributed by atoms with Crippen LogP contribution in [0.3, 0.4) is 0 Å². The summed E-state index contributed by atoms with van der Waals surface area (Å²) in [5, 5.41) is 21.8. The number of hydrogen-bond acceptors (Lipinski definition) is 3. The van der Waals surface area contributed by atoms with Crippen LogP contribution in [-0.2, 0) is 0 Å². The molecule has 1 aliphatic heterocycles. The number of phenols is 1. The molecule has 1 aromatic rings. The molecule has 3 atom stereocenters. The fourth-order valence-corrected chi connectivity index (χ4v) is 4.94. The molecule has 3 aliphatic rings. The van der Waals surface area contributed by atoms with E-state index in [-0.39, 0.29) is 5.92 Å². The zero-order valence-electron chi connectivity index (χ0n) is 15.9. The third kappa shape index (κ3) is 3.18. The van der Waals surface area contributed by atoms with Crippen LogP contribution in [0.1, 0.15) is 88.2 Å². The summed E-state index contributed by atoms with van der Waals surface area (Å²) < 4.78 is 6.04. The topological polar surface area (TPSA) is 49.7 Å². The predicted octanol–water partition coefficient (Wildman–Crippen LogP) is 5.68. The summed E-state index contributed by atoms with van der Waals surface area (Å²) in [6.45, 7) is 4.25. The molecule has 140 valence electrons. The maximum absolute atomic E-state index is 10.9. The summed E-state index contributed by atoms with van der Waals surface area (Å²) in [7, 11) is 0. The summed E-state index contributed by atoms with van der Waals surface area (Å²) in [6.07, 6.45) is 12.5. The van der Waals surface area contributed by atoms with Crippen LogP contribution in [-0.4, -0.2) is 16.0 Å². The number of phenolic OH excluding ortho intramolecular Hbond substituents is 1. The van der Waals surface area contributed by atoms with Gasteiger partial charge in [0.2, 0.25) is 5.79 Å². The molecule has 3 heteroatoms. The molecule has 1 fully saturated rings. The SMILES string of the molecule is CC(C)=C1CCC2(O)CC1c1c(O)cc(C3C=CCCCCC3)cc1O2. The van der Waals surface area contributed by atoms with E-state index in [0.29, 0.717) is 30.3 Å². The van der Waals surface area contributed by atoms with Gasteiger partial charge in [0.1, 0.15) is 11.5 Å². The molecule has 2 bridgehead atoms. The van der Waals surface area contributed by atoms with Crippen molar-refractivity contribution in [1.29, 1.82) is 0 Å². The number of benzene rings is 1. The van der Waals surface area contributed by atoms with Crippen molar-refractivity contribution in [2.75, 3.05) is 0 Å². The van der Waals surface area contributed by atoms with Gasteiger partial charge in [-0.2, -0.15) is 0 Å². The second-order valence-electron chi connectivity index (χ2n) is 8.45. The molecule has 1 saturated carbocycles. The Morgan fingerprint density at radius 3 is 2.85 bits per heavy atom. The van der Waals surface area contributed by atoms with Gasteiger partial charge in [-0.15, -0.1) is 0 Å². The van der Waals surface area contributed by atoms with E-state index in [1.807, 2.05) is 6.07 Å². The molecule has 4 rings (SSSR count). The van der Waals surface area contributed by atoms with Crippen LogP contribution in [0.5, 0.6) is 11.5 Å². The van der Waals surface area contributed by atoms with E-state index in [1.54, 1.807) is 0 Å². The molecule has 2 N–H and O–H groups in total. The van der Waals surface area contributed by atoms with E-state index in [0.717, 1.165) is 30.4 Å². The second kappa shape index (κ2) is 6.77. The number of allylic oxidation sites excluding steroid dienone is 4. The predicted molar refractivity (Wildman–Crippen MR) is 104 cm³/mol. The van der Waals surface area contributed by atoms with Crippen LogP contribution >= 0.6 is 0 Å². The van der Waals surface area contributed by atoms with Gasteiger partial charge in [-0.25, -0.2) is 0 Å². The third-order valence-electron chi connectivity index (χ3n) is 6.34. The van der Waals surface area contributed by atoms with Crippen molar-refractivity contribution in [2.24, 2.45) is 0 Å². The van der Waals surface area contributed by atoms with E-state index in [2.05, 4.69) is 32.1 Å². The average molecular weight is 354 g/mol. The molecule has 0 aromatic heterocycles. The molecular formula is C23H30O3. The fraction of sp³-hybridized carbons (Fsp3) is 0.565. The van der Waals surface area contributed by atoms with Gasteiger partial charge in [0.15, 0.2) is 0 Å². The lowest BCUT2D eigenvalue weighted by molar-refractivity contribution is -0.165. The van der Waals surface area contributed by atoms with Gasteiger partial charge in [-0.1, -0.05) is 36.1 Å². The molecule has 3 nitrogen and oxygen atoms in total. The van der Waals surface area contributed by atoms with E-state index in [1.165, 1.54) is 30.4 Å². The van der Waals surface area contributed by atoms with Crippen LogP contribution in [0.15, 0.2) is 35.4 Å². The molecule has 0 spiro atoms. The van der Waals surface area contributed by atoms with Gasteiger partial charge in [0, 0.05) is 30.2 Å². The Labute approximate surface area is 156 Å². The van der Waals surface area contributed by atoms with Crippen molar-refractivity contribution in [3.63, 3.8) is 0 Å². The minimum atomic E-state index is -1.10. The summed E-state index contributed by atoms with van der Waals surface area (Å²) in [5.41, 5.74) is 4.59. The maximum atomic E-state index is 10.9. The van der Waals surface area contributed by atoms with Crippen LogP contribution < -0.4 is 4.74 Å². The van der Waals surface area contributed by atoms with Gasteiger partial charge in [-0.3, -0.25) is 0 Å². The maximum Gasteiger partial charge on any atom is 0.209 e. The van der Waals surface area contributed by atoms with E-state index in [9.17, 15) is 10.2 Å². The lowest BCUT2D eigenvalue weighted by atomic mass is 9.72. The van der Waals surface area contributed by atoms with Gasteiger partial charge < -0.3 is 14.9 Å². The van der Waals surface area contributed by atoms with Gasteiger partial charge in [0.05, 0.1) is 0 Å². The Hall–Kier alpha value is -1.74. The van der Waals surface area contributed by atoms with Crippen molar-refractivity contribution >= 4 is 0 Å². The highest BCUT2D eigenvalue weighted by Crippen LogP contribution is 2.54. The molecule has 1 heterocycles. The number of hydrogen-bond donors (Lipinski definition) is 2. The van der Waals surface area contributed by atoms with Crippen LogP contribution in [0, 0.1) is 0 Å². The molecule has 2 aliphatic carbocycles. The number of aliphatic hydroxyl groups is 1. The van der Waals surface area contributed by atoms with Crippen LogP contribution in [0.2, 0.25) is 0 Å². The first kappa shape index (κ1) is 17.7. The zero-order valence-corrected chi connectivity index (χ0v) is 15.9. The number of ether oxygens (including phenoxy) is 1. The summed E-state index contributed by atoms with van der Waals surface area (Å²) in [5.74, 6) is 0.269. The average Bonchev–Trinajstić information content (AvgIpc) is 2.52. The highest BCUT2D eigenvalue weighted by molar-refractivity contribution is 5.55. The van der Waals surface area contributed by atoms with Gasteiger partial charge >= 0.3 is 0 Å². The Morgan fingerprint density at radius 2 is 2.04 bits per heavy atom. The molecule has 0 radical (unpaired) electrons. The fourth-order valence-electron chi connectivity index (χ4n) is 4.94. The third-order valence-corrected chi connectivity index (χ3v) is 6.34. The van der Waals surface area contributed by atoms with Crippen LogP contribution in [0.4, 0.5) is 0 Å². The Balaban J connectivity index is 1.77. The summed E-state index contributed by atoms with van der Waals surface area (Å²) >= 11 is 0. The van der Waals surface area contributed by atoms with Crippen molar-refractivity contribution in [3.05, 3.63) is 46.6 Å². The number of fused-ring (bicyclic) bond motifs is 4. The van der Waals surface area contributed by atoms with Crippen molar-refractivity contribution in [1.82, 2.24) is 0 Å². The second-order valence-corrected chi connectivity index (χ2v) is 8.45. The normalized spacial score (nSPS) is 30.8. The Morgan fingerprint density at radius 1 is 1.19 bits per heavy atom. The molecule has 0 saturated heterocycles. The van der Waals surface area contributed by atoms with Crippen molar-refractivity contribution < 1.29 is 14.9 Å². The Kier molecular flexibility index (Phi) is 4.60. The minimum Gasteiger partial charge on any atom is -0.507 e. The molecule has 0 amide bonds. The van der Waals surface area contributed by atoms with Crippen molar-refractivity contribution in [2.45, 2.75) is 82.8 Å². The monoisotopic (exact) mass is 354 g/mol. The molecular weight excluding hydrogens is 324 g/mol. The van der Waals surface area contributed by atoms with Crippen LogP contribution in [0.25, 0.3) is 0 Å². The largest absolute Gasteiger partial charge is 0.507 e.